The Morgan fingerprint density at radius 2 is 2.05 bits per heavy atom. The number of methoxy groups -OCH3 is 1. The Bertz CT molecular complexity index is 447. The first-order valence-electron chi connectivity index (χ1n) is 6.98. The molecule has 0 aliphatic carbocycles. The topological polar surface area (TPSA) is 38.5 Å². The van der Waals surface area contributed by atoms with E-state index in [0.29, 0.717) is 17.0 Å². The van der Waals surface area contributed by atoms with Gasteiger partial charge >= 0.3 is 0 Å². The second-order valence-electron chi connectivity index (χ2n) is 5.36. The lowest BCUT2D eigenvalue weighted by Gasteiger charge is -2.39. The Labute approximate surface area is 134 Å². The maximum Gasteiger partial charge on any atom is 0.133 e. The number of nitrogens with two attached hydrogens (primary N) is 1. The Balaban J connectivity index is 2.21. The first kappa shape index (κ1) is 16.1. The van der Waals surface area contributed by atoms with Crippen LogP contribution in [0, 0.1) is 0 Å². The molecule has 1 aliphatic heterocycles. The summed E-state index contributed by atoms with van der Waals surface area (Å²) in [5, 5.41) is 1.32. The fourth-order valence-electron chi connectivity index (χ4n) is 2.86. The molecule has 0 amide bonds. The number of hydrogen-bond donors (Lipinski definition) is 1. The van der Waals surface area contributed by atoms with E-state index >= 15 is 0 Å². The fraction of sp³-hybridized carbons (Fsp3) is 0.600. The summed E-state index contributed by atoms with van der Waals surface area (Å²) in [5.74, 6) is 0.862. The van der Waals surface area contributed by atoms with Gasteiger partial charge in [0.15, 0.2) is 0 Å². The Kier molecular flexibility index (Phi) is 5.78. The van der Waals surface area contributed by atoms with E-state index in [1.807, 2.05) is 6.07 Å². The van der Waals surface area contributed by atoms with Gasteiger partial charge < -0.3 is 10.5 Å². The van der Waals surface area contributed by atoms with Gasteiger partial charge in [-0.1, -0.05) is 19.9 Å². The van der Waals surface area contributed by atoms with E-state index in [1.54, 1.807) is 7.11 Å². The highest BCUT2D eigenvalue weighted by atomic mass is 79.9. The third kappa shape index (κ3) is 3.70. The van der Waals surface area contributed by atoms with Crippen LogP contribution in [0.5, 0.6) is 5.75 Å². The molecule has 1 aromatic carbocycles. The highest BCUT2D eigenvalue weighted by molar-refractivity contribution is 9.10. The van der Waals surface area contributed by atoms with Gasteiger partial charge in [0.1, 0.15) is 5.75 Å². The minimum Gasteiger partial charge on any atom is -0.496 e. The quantitative estimate of drug-likeness (QED) is 0.896. The molecule has 3 unspecified atom stereocenters. The van der Waals surface area contributed by atoms with Crippen molar-refractivity contribution in [2.24, 2.45) is 5.73 Å². The highest BCUT2D eigenvalue weighted by Crippen LogP contribution is 2.33. The van der Waals surface area contributed by atoms with Crippen LogP contribution in [0.2, 0.25) is 0 Å². The van der Waals surface area contributed by atoms with E-state index in [9.17, 15) is 0 Å². The summed E-state index contributed by atoms with van der Waals surface area (Å²) in [6.45, 7) is 7.43. The molecule has 1 fully saturated rings. The van der Waals surface area contributed by atoms with Gasteiger partial charge in [-0.05, 0) is 33.6 Å². The lowest BCUT2D eigenvalue weighted by atomic mass is 10.0. The minimum atomic E-state index is 0.281. The van der Waals surface area contributed by atoms with E-state index in [1.165, 1.54) is 5.56 Å². The molecule has 0 radical (unpaired) electrons. The first-order valence-corrected chi connectivity index (χ1v) is 8.71. The van der Waals surface area contributed by atoms with Crippen molar-refractivity contribution in [2.45, 2.75) is 30.4 Å². The van der Waals surface area contributed by atoms with E-state index in [0.717, 1.165) is 23.3 Å². The van der Waals surface area contributed by atoms with E-state index in [-0.39, 0.29) is 6.04 Å². The maximum absolute atomic E-state index is 6.05. The smallest absolute Gasteiger partial charge is 0.133 e. The average Bonchev–Trinajstić information content (AvgIpc) is 2.38. The predicted molar refractivity (Wildman–Crippen MR) is 90.6 cm³/mol. The summed E-state index contributed by atoms with van der Waals surface area (Å²) in [7, 11) is 1.69. The van der Waals surface area contributed by atoms with E-state index in [4.69, 9.17) is 10.5 Å². The maximum atomic E-state index is 6.05. The fourth-order valence-corrected chi connectivity index (χ4v) is 4.76. The number of rotatable bonds is 4. The van der Waals surface area contributed by atoms with Gasteiger partial charge in [-0.2, -0.15) is 11.8 Å². The third-order valence-corrected chi connectivity index (χ3v) is 5.52. The number of benzene rings is 1. The van der Waals surface area contributed by atoms with Gasteiger partial charge in [0.2, 0.25) is 0 Å². The van der Waals surface area contributed by atoms with Crippen LogP contribution in [0.1, 0.15) is 25.5 Å². The Morgan fingerprint density at radius 1 is 1.40 bits per heavy atom. The number of nitrogens with zero attached hydrogens (tertiary/aromatic N) is 1. The van der Waals surface area contributed by atoms with Crippen LogP contribution >= 0.6 is 27.7 Å². The largest absolute Gasteiger partial charge is 0.496 e. The second-order valence-corrected chi connectivity index (χ2v) is 8.09. The summed E-state index contributed by atoms with van der Waals surface area (Å²) < 4.78 is 6.29. The van der Waals surface area contributed by atoms with Crippen molar-refractivity contribution in [3.63, 3.8) is 0 Å². The summed E-state index contributed by atoms with van der Waals surface area (Å²) in [6.07, 6.45) is 0. The lowest BCUT2D eigenvalue weighted by molar-refractivity contribution is 0.199. The second kappa shape index (κ2) is 7.16. The van der Waals surface area contributed by atoms with Gasteiger partial charge in [-0.3, -0.25) is 4.90 Å². The van der Waals surface area contributed by atoms with Crippen molar-refractivity contribution in [2.75, 3.05) is 26.7 Å². The molecule has 1 heterocycles. The van der Waals surface area contributed by atoms with Gasteiger partial charge in [0.25, 0.3) is 0 Å². The van der Waals surface area contributed by atoms with Crippen LogP contribution in [0.25, 0.3) is 0 Å². The summed E-state index contributed by atoms with van der Waals surface area (Å²) in [5.41, 5.74) is 7.31. The zero-order chi connectivity index (χ0) is 14.7. The number of hydrogen-bond acceptors (Lipinski definition) is 4. The third-order valence-electron chi connectivity index (χ3n) is 3.67. The van der Waals surface area contributed by atoms with Crippen LogP contribution in [-0.4, -0.2) is 42.1 Å². The molecule has 3 nitrogen and oxygen atoms in total. The molecular formula is C15H23BrN2OS. The van der Waals surface area contributed by atoms with Crippen molar-refractivity contribution in [3.8, 4) is 5.75 Å². The van der Waals surface area contributed by atoms with Crippen LogP contribution in [0.15, 0.2) is 22.7 Å². The summed E-state index contributed by atoms with van der Waals surface area (Å²) >= 11 is 5.63. The number of thioether (sulfide) groups is 1. The zero-order valence-electron chi connectivity index (χ0n) is 12.3. The first-order chi connectivity index (χ1) is 9.55. The van der Waals surface area contributed by atoms with Gasteiger partial charge in [-0.15, -0.1) is 0 Å². The molecule has 20 heavy (non-hydrogen) atoms. The van der Waals surface area contributed by atoms with Crippen molar-refractivity contribution in [1.29, 1.82) is 0 Å². The average molecular weight is 359 g/mol. The Hall–Kier alpha value is -0.230. The van der Waals surface area contributed by atoms with Crippen LogP contribution in [0.3, 0.4) is 0 Å². The van der Waals surface area contributed by atoms with Gasteiger partial charge in [-0.25, -0.2) is 0 Å². The molecule has 112 valence electrons. The molecule has 3 atom stereocenters. The summed E-state index contributed by atoms with van der Waals surface area (Å²) in [6, 6.07) is 6.54. The predicted octanol–water partition coefficient (Wildman–Crippen LogP) is 3.28. The minimum absolute atomic E-state index is 0.281. The zero-order valence-corrected chi connectivity index (χ0v) is 14.7. The van der Waals surface area contributed by atoms with Crippen LogP contribution < -0.4 is 10.5 Å². The molecule has 1 saturated heterocycles. The number of halogens is 1. The molecule has 0 aromatic heterocycles. The molecule has 0 bridgehead atoms. The van der Waals surface area contributed by atoms with Gasteiger partial charge in [0.05, 0.1) is 11.6 Å². The monoisotopic (exact) mass is 358 g/mol. The van der Waals surface area contributed by atoms with Crippen LogP contribution in [0.4, 0.5) is 0 Å². The molecule has 5 heteroatoms. The molecule has 1 aromatic rings. The number of ether oxygens (including phenoxy) is 1. The Morgan fingerprint density at radius 3 is 2.55 bits per heavy atom. The van der Waals surface area contributed by atoms with Crippen molar-refractivity contribution in [1.82, 2.24) is 4.90 Å². The standard InChI is InChI=1S/C15H23BrN2OS/c1-10-8-18(9-11(2)20-10)14(7-17)12-4-5-15(19-3)13(16)6-12/h4-6,10-11,14H,7-9,17H2,1-3H3. The molecule has 0 spiro atoms. The lowest BCUT2D eigenvalue weighted by Crippen LogP contribution is -2.44. The van der Waals surface area contributed by atoms with Crippen LogP contribution in [-0.2, 0) is 0 Å². The van der Waals surface area contributed by atoms with Gasteiger partial charge in [0, 0.05) is 36.2 Å². The van der Waals surface area contributed by atoms with Crippen molar-refractivity contribution >= 4 is 27.7 Å². The molecular weight excluding hydrogens is 336 g/mol. The highest BCUT2D eigenvalue weighted by Gasteiger charge is 2.28. The normalized spacial score (nSPS) is 25.4. The molecule has 2 N–H and O–H groups in total. The van der Waals surface area contributed by atoms with Crippen molar-refractivity contribution < 1.29 is 4.74 Å². The molecule has 1 aliphatic rings. The summed E-state index contributed by atoms with van der Waals surface area (Å²) in [4.78, 5) is 2.51. The SMILES string of the molecule is COc1ccc(C(CN)N2CC(C)SC(C)C2)cc1Br. The van der Waals surface area contributed by atoms with Crippen molar-refractivity contribution in [3.05, 3.63) is 28.2 Å². The van der Waals surface area contributed by atoms with E-state index in [2.05, 4.69) is 58.6 Å². The van der Waals surface area contributed by atoms with E-state index < -0.39 is 0 Å². The molecule has 2 rings (SSSR count). The molecule has 0 saturated carbocycles.